The summed E-state index contributed by atoms with van der Waals surface area (Å²) in [6.45, 7) is 6.41. The molecular formula is C28H29NO4S. The summed E-state index contributed by atoms with van der Waals surface area (Å²) < 4.78 is 5.92. The van der Waals surface area contributed by atoms with Gasteiger partial charge in [-0.3, -0.25) is 4.79 Å². The summed E-state index contributed by atoms with van der Waals surface area (Å²) in [5.74, 6) is -0.757. The topological polar surface area (TPSA) is 75.6 Å². The van der Waals surface area contributed by atoms with Gasteiger partial charge in [0.1, 0.15) is 11.8 Å². The van der Waals surface area contributed by atoms with Crippen molar-refractivity contribution in [2.75, 3.05) is 6.61 Å². The zero-order chi connectivity index (χ0) is 24.3. The molecule has 0 saturated heterocycles. The highest BCUT2D eigenvalue weighted by Crippen LogP contribution is 2.19. The van der Waals surface area contributed by atoms with Crippen LogP contribution in [0.4, 0.5) is 0 Å². The Morgan fingerprint density at radius 3 is 2.65 bits per heavy atom. The van der Waals surface area contributed by atoms with Crippen LogP contribution in [-0.4, -0.2) is 29.6 Å². The second-order valence-electron chi connectivity index (χ2n) is 7.95. The fraction of sp³-hybridized carbons (Fsp3) is 0.214. The molecule has 0 radical (unpaired) electrons. The molecule has 0 aliphatic rings. The summed E-state index contributed by atoms with van der Waals surface area (Å²) in [5, 5.41) is 13.9. The van der Waals surface area contributed by atoms with Gasteiger partial charge in [0.15, 0.2) is 0 Å². The van der Waals surface area contributed by atoms with Gasteiger partial charge in [-0.1, -0.05) is 61.2 Å². The van der Waals surface area contributed by atoms with Gasteiger partial charge in [0.2, 0.25) is 0 Å². The van der Waals surface area contributed by atoms with E-state index in [0.29, 0.717) is 13.0 Å². The van der Waals surface area contributed by atoms with Crippen molar-refractivity contribution in [3.8, 4) is 5.75 Å². The summed E-state index contributed by atoms with van der Waals surface area (Å²) in [6, 6.07) is 18.9. The lowest BCUT2D eigenvalue weighted by Gasteiger charge is -2.13. The molecule has 34 heavy (non-hydrogen) atoms. The number of thiophene rings is 1. The largest absolute Gasteiger partial charge is 0.493 e. The third-order valence-corrected chi connectivity index (χ3v) is 6.26. The molecule has 1 unspecified atom stereocenters. The normalized spacial score (nSPS) is 11.8. The molecule has 1 atom stereocenters. The molecule has 1 amide bonds. The molecule has 1 heterocycles. The van der Waals surface area contributed by atoms with Gasteiger partial charge >= 0.3 is 5.97 Å². The number of ether oxygens (including phenoxy) is 1. The molecule has 2 aromatic carbocycles. The van der Waals surface area contributed by atoms with E-state index in [1.54, 1.807) is 6.08 Å². The van der Waals surface area contributed by atoms with Gasteiger partial charge in [0.05, 0.1) is 6.61 Å². The quantitative estimate of drug-likeness (QED) is 0.281. The van der Waals surface area contributed by atoms with Crippen molar-refractivity contribution in [1.29, 1.82) is 0 Å². The highest BCUT2D eigenvalue weighted by molar-refractivity contribution is 7.09. The van der Waals surface area contributed by atoms with Crippen molar-refractivity contribution in [2.24, 2.45) is 0 Å². The Balaban J connectivity index is 1.51. The highest BCUT2D eigenvalue weighted by Gasteiger charge is 2.21. The molecule has 6 heteroatoms. The first-order valence-electron chi connectivity index (χ1n) is 11.1. The molecule has 0 aliphatic carbocycles. The van der Waals surface area contributed by atoms with Crippen LogP contribution >= 0.6 is 11.3 Å². The van der Waals surface area contributed by atoms with Crippen molar-refractivity contribution in [2.45, 2.75) is 32.2 Å². The van der Waals surface area contributed by atoms with Crippen LogP contribution in [0.3, 0.4) is 0 Å². The van der Waals surface area contributed by atoms with Crippen LogP contribution in [0.15, 0.2) is 90.3 Å². The molecule has 5 nitrogen and oxygen atoms in total. The van der Waals surface area contributed by atoms with Crippen LogP contribution in [0.2, 0.25) is 0 Å². The lowest BCUT2D eigenvalue weighted by atomic mass is 10.0. The number of carboxylic acids is 1. The first-order chi connectivity index (χ1) is 16.4. The molecule has 0 bridgehead atoms. The van der Waals surface area contributed by atoms with Crippen LogP contribution in [0.1, 0.15) is 21.6 Å². The van der Waals surface area contributed by atoms with Crippen LogP contribution in [0.25, 0.3) is 0 Å². The monoisotopic (exact) mass is 475 g/mol. The molecular weight excluding hydrogens is 446 g/mol. The number of hydrogen-bond donors (Lipinski definition) is 2. The van der Waals surface area contributed by atoms with Crippen molar-refractivity contribution in [3.05, 3.63) is 112 Å². The number of carbonyl (C=O) groups excluding carboxylic acids is 1. The second-order valence-corrected chi connectivity index (χ2v) is 8.98. The first-order valence-corrected chi connectivity index (χ1v) is 12.0. The number of benzene rings is 2. The van der Waals surface area contributed by atoms with E-state index in [9.17, 15) is 14.7 Å². The third-order valence-electron chi connectivity index (χ3n) is 5.36. The maximum absolute atomic E-state index is 12.4. The number of hydrogen-bond acceptors (Lipinski definition) is 4. The van der Waals surface area contributed by atoms with Gasteiger partial charge in [0, 0.05) is 23.3 Å². The maximum atomic E-state index is 12.4. The molecule has 0 spiro atoms. The number of nitrogens with one attached hydrogen (secondary N) is 1. The Labute approximate surface area is 204 Å². The van der Waals surface area contributed by atoms with Crippen LogP contribution in [0.5, 0.6) is 5.75 Å². The fourth-order valence-corrected chi connectivity index (χ4v) is 4.13. The number of allylic oxidation sites excluding steroid dienone is 1. The molecule has 176 valence electrons. The van der Waals surface area contributed by atoms with E-state index in [4.69, 9.17) is 4.74 Å². The Morgan fingerprint density at radius 1 is 1.15 bits per heavy atom. The fourth-order valence-electron chi connectivity index (χ4n) is 3.37. The number of aliphatic carboxylic acids is 1. The van der Waals surface area contributed by atoms with Crippen molar-refractivity contribution < 1.29 is 19.4 Å². The molecule has 3 rings (SSSR count). The lowest BCUT2D eigenvalue weighted by Crippen LogP contribution is -2.42. The highest BCUT2D eigenvalue weighted by atomic mass is 32.1. The number of aryl methyl sites for hydroxylation is 1. The Bertz CT molecular complexity index is 1140. The molecule has 1 aromatic heterocycles. The van der Waals surface area contributed by atoms with Crippen molar-refractivity contribution in [3.63, 3.8) is 0 Å². The smallest absolute Gasteiger partial charge is 0.326 e. The minimum absolute atomic E-state index is 0.213. The molecule has 0 fully saturated rings. The third kappa shape index (κ3) is 7.74. The Kier molecular flexibility index (Phi) is 9.23. The van der Waals surface area contributed by atoms with Crippen molar-refractivity contribution in [1.82, 2.24) is 5.32 Å². The average molecular weight is 476 g/mol. The van der Waals surface area contributed by atoms with Crippen LogP contribution in [-0.2, 0) is 28.9 Å². The summed E-state index contributed by atoms with van der Waals surface area (Å²) in [4.78, 5) is 24.9. The van der Waals surface area contributed by atoms with E-state index in [1.165, 1.54) is 16.9 Å². The van der Waals surface area contributed by atoms with Crippen LogP contribution in [0, 0.1) is 6.92 Å². The van der Waals surface area contributed by atoms with Gasteiger partial charge < -0.3 is 15.2 Å². The Hall–Kier alpha value is -3.64. The standard InChI is InChI=1S/C28H29NO4S/c1-20-13-14-24(33-16-15-22-9-4-3-5-10-22)18-23(20)11-6-8-21(2)27(30)29-26(28(31)32)19-25-12-7-17-34-25/h3-10,12-14,17-18,26H,2,11,15-16,19H2,1H3,(H,29,30)(H,31,32). The molecule has 0 saturated carbocycles. The SMILES string of the molecule is C=C(C=CCc1cc(OCCc2ccccc2)ccc1C)C(=O)NC(Cc1cccs1)C(=O)O. The number of amides is 1. The average Bonchev–Trinajstić information content (AvgIpc) is 3.34. The van der Waals surface area contributed by atoms with E-state index in [-0.39, 0.29) is 12.0 Å². The van der Waals surface area contributed by atoms with Gasteiger partial charge in [-0.25, -0.2) is 4.79 Å². The predicted octanol–water partition coefficient (Wildman–Crippen LogP) is 5.15. The summed E-state index contributed by atoms with van der Waals surface area (Å²) in [7, 11) is 0. The van der Waals surface area contributed by atoms with Gasteiger partial charge in [-0.05, 0) is 53.6 Å². The zero-order valence-electron chi connectivity index (χ0n) is 19.2. The predicted molar refractivity (Wildman–Crippen MR) is 136 cm³/mol. The lowest BCUT2D eigenvalue weighted by molar-refractivity contribution is -0.141. The zero-order valence-corrected chi connectivity index (χ0v) is 20.0. The van der Waals surface area contributed by atoms with E-state index in [2.05, 4.69) is 24.0 Å². The molecule has 2 N–H and O–H groups in total. The molecule has 3 aromatic rings. The molecule has 0 aliphatic heterocycles. The van der Waals surface area contributed by atoms with E-state index < -0.39 is 17.9 Å². The maximum Gasteiger partial charge on any atom is 0.326 e. The van der Waals surface area contributed by atoms with E-state index in [0.717, 1.165) is 28.2 Å². The van der Waals surface area contributed by atoms with Gasteiger partial charge in [0.25, 0.3) is 5.91 Å². The van der Waals surface area contributed by atoms with Crippen molar-refractivity contribution >= 4 is 23.2 Å². The minimum atomic E-state index is -1.07. The minimum Gasteiger partial charge on any atom is -0.493 e. The van der Waals surface area contributed by atoms with Gasteiger partial charge in [-0.15, -0.1) is 11.3 Å². The summed E-state index contributed by atoms with van der Waals surface area (Å²) in [5.41, 5.74) is 3.65. The number of carbonyl (C=O) groups is 2. The van der Waals surface area contributed by atoms with E-state index >= 15 is 0 Å². The van der Waals surface area contributed by atoms with Crippen LogP contribution < -0.4 is 10.1 Å². The Morgan fingerprint density at radius 2 is 1.94 bits per heavy atom. The number of carboxylic acid groups (broad SMARTS) is 1. The van der Waals surface area contributed by atoms with Gasteiger partial charge in [-0.2, -0.15) is 0 Å². The van der Waals surface area contributed by atoms with E-state index in [1.807, 2.05) is 66.9 Å². The number of rotatable bonds is 12. The summed E-state index contributed by atoms with van der Waals surface area (Å²) >= 11 is 1.46. The first kappa shape index (κ1) is 25.0. The second kappa shape index (κ2) is 12.6. The summed E-state index contributed by atoms with van der Waals surface area (Å²) in [6.07, 6.45) is 5.16.